The van der Waals surface area contributed by atoms with E-state index >= 15 is 0 Å². The number of alkyl carbamates (subject to hydrolysis) is 1. The smallest absolute Gasteiger partial charge is 0.407 e. The Morgan fingerprint density at radius 2 is 1.49 bits per heavy atom. The van der Waals surface area contributed by atoms with Gasteiger partial charge in [-0.05, 0) is 60.7 Å². The molecule has 1 amide bonds. The fourth-order valence-electron chi connectivity index (χ4n) is 4.49. The van der Waals surface area contributed by atoms with Crippen molar-refractivity contribution in [3.63, 3.8) is 0 Å². The number of methoxy groups -OCH3 is 1. The first-order chi connectivity index (χ1) is 17.6. The van der Waals surface area contributed by atoms with E-state index in [0.717, 1.165) is 41.5 Å². The van der Waals surface area contributed by atoms with Gasteiger partial charge >= 0.3 is 12.1 Å². The van der Waals surface area contributed by atoms with Crippen LogP contribution < -0.4 is 10.1 Å². The van der Waals surface area contributed by atoms with E-state index in [9.17, 15) is 18.4 Å². The summed E-state index contributed by atoms with van der Waals surface area (Å²) >= 11 is 0. The second kappa shape index (κ2) is 10.6. The topological polar surface area (TPSA) is 73.9 Å². The molecule has 0 spiro atoms. The number of nitrogens with one attached hydrogen (secondary N) is 1. The van der Waals surface area contributed by atoms with Gasteiger partial charge in [0.2, 0.25) is 0 Å². The van der Waals surface area contributed by atoms with E-state index in [0.29, 0.717) is 0 Å². The molecule has 194 valence electrons. The Kier molecular flexibility index (Phi) is 7.47. The zero-order valence-electron chi connectivity index (χ0n) is 21.1. The van der Waals surface area contributed by atoms with Crippen LogP contribution in [0.2, 0.25) is 0 Å². The van der Waals surface area contributed by atoms with E-state index < -0.39 is 41.1 Å². The maximum atomic E-state index is 14.6. The zero-order chi connectivity index (χ0) is 26.7. The van der Waals surface area contributed by atoms with E-state index in [1.807, 2.05) is 48.5 Å². The Hall–Kier alpha value is -3.94. The fraction of sp³-hybridized carbons (Fsp3) is 0.310. The lowest BCUT2D eigenvalue weighted by Gasteiger charge is -2.23. The monoisotopic (exact) mass is 509 g/mol. The Morgan fingerprint density at radius 1 is 0.946 bits per heavy atom. The van der Waals surface area contributed by atoms with Crippen LogP contribution in [0.3, 0.4) is 0 Å². The highest BCUT2D eigenvalue weighted by Crippen LogP contribution is 2.44. The quantitative estimate of drug-likeness (QED) is 0.410. The molecule has 0 aliphatic heterocycles. The number of carbonyl (C=O) groups excluding carboxylic acids is 2. The van der Waals surface area contributed by atoms with Crippen molar-refractivity contribution in [2.45, 2.75) is 44.8 Å². The predicted octanol–water partition coefficient (Wildman–Crippen LogP) is 5.76. The Bertz CT molecular complexity index is 1250. The van der Waals surface area contributed by atoms with Gasteiger partial charge < -0.3 is 19.5 Å². The van der Waals surface area contributed by atoms with Gasteiger partial charge in [0.1, 0.15) is 18.2 Å². The zero-order valence-corrected chi connectivity index (χ0v) is 21.1. The number of ether oxygens (including phenoxy) is 3. The lowest BCUT2D eigenvalue weighted by atomic mass is 9.98. The van der Waals surface area contributed by atoms with Crippen LogP contribution in [0.25, 0.3) is 11.1 Å². The van der Waals surface area contributed by atoms with Gasteiger partial charge in [0.15, 0.2) is 17.4 Å². The number of hydrogen-bond donors (Lipinski definition) is 1. The number of rotatable bonds is 7. The number of carbonyl (C=O) groups is 2. The maximum absolute atomic E-state index is 14.6. The van der Waals surface area contributed by atoms with Crippen LogP contribution in [0.4, 0.5) is 13.6 Å². The number of benzene rings is 3. The van der Waals surface area contributed by atoms with Gasteiger partial charge in [0.05, 0.1) is 7.11 Å². The van der Waals surface area contributed by atoms with Gasteiger partial charge in [0, 0.05) is 12.3 Å². The van der Waals surface area contributed by atoms with Gasteiger partial charge in [-0.1, -0.05) is 48.5 Å². The molecular formula is C29H29F2NO5. The highest BCUT2D eigenvalue weighted by Gasteiger charge is 2.30. The molecule has 3 aromatic rings. The van der Waals surface area contributed by atoms with Crippen molar-refractivity contribution in [1.82, 2.24) is 5.32 Å². The molecule has 4 rings (SSSR count). The summed E-state index contributed by atoms with van der Waals surface area (Å²) in [5.74, 6) is -3.25. The minimum absolute atomic E-state index is 0.0514. The predicted molar refractivity (Wildman–Crippen MR) is 134 cm³/mol. The summed E-state index contributed by atoms with van der Waals surface area (Å²) in [6.45, 7) is 5.07. The van der Waals surface area contributed by atoms with Crippen LogP contribution in [0.5, 0.6) is 5.75 Å². The second-order valence-corrected chi connectivity index (χ2v) is 9.85. The van der Waals surface area contributed by atoms with Crippen molar-refractivity contribution in [2.24, 2.45) is 0 Å². The normalized spacial score (nSPS) is 13.4. The molecule has 0 aromatic heterocycles. The van der Waals surface area contributed by atoms with Gasteiger partial charge in [-0.3, -0.25) is 0 Å². The van der Waals surface area contributed by atoms with Crippen LogP contribution in [-0.4, -0.2) is 37.4 Å². The molecular weight excluding hydrogens is 480 g/mol. The number of amides is 1. The first-order valence-corrected chi connectivity index (χ1v) is 11.9. The molecule has 37 heavy (non-hydrogen) atoms. The fourth-order valence-corrected chi connectivity index (χ4v) is 4.49. The second-order valence-electron chi connectivity index (χ2n) is 9.85. The minimum Gasteiger partial charge on any atom is -0.482 e. The van der Waals surface area contributed by atoms with Crippen molar-refractivity contribution in [3.05, 3.63) is 89.0 Å². The summed E-state index contributed by atoms with van der Waals surface area (Å²) in [7, 11) is 1.16. The average molecular weight is 510 g/mol. The van der Waals surface area contributed by atoms with E-state index in [2.05, 4.69) is 5.32 Å². The summed E-state index contributed by atoms with van der Waals surface area (Å²) in [6, 6.07) is 16.7. The van der Waals surface area contributed by atoms with Gasteiger partial charge in [-0.15, -0.1) is 0 Å². The maximum Gasteiger partial charge on any atom is 0.407 e. The molecule has 1 atom stereocenters. The lowest BCUT2D eigenvalue weighted by Crippen LogP contribution is -2.43. The molecule has 6 nitrogen and oxygen atoms in total. The molecule has 3 aromatic carbocycles. The lowest BCUT2D eigenvalue weighted by molar-refractivity contribution is -0.143. The molecule has 0 saturated heterocycles. The molecule has 0 heterocycles. The SMILES string of the molecule is COC(=O)[C@H](Cc1cc(F)c(OC(C)(C)C)c(F)c1)NC(=O)OCC1c2ccccc2-c2ccccc21. The molecule has 1 aliphatic rings. The third kappa shape index (κ3) is 5.90. The minimum atomic E-state index is -1.21. The van der Waals surface area contributed by atoms with Crippen molar-refractivity contribution in [3.8, 4) is 16.9 Å². The molecule has 0 unspecified atom stereocenters. The highest BCUT2D eigenvalue weighted by molar-refractivity contribution is 5.82. The average Bonchev–Trinajstić information content (AvgIpc) is 3.17. The first kappa shape index (κ1) is 26.1. The van der Waals surface area contributed by atoms with Crippen LogP contribution in [-0.2, 0) is 20.7 Å². The molecule has 0 fully saturated rings. The molecule has 0 bridgehead atoms. The Balaban J connectivity index is 1.45. The molecule has 8 heteroatoms. The van der Waals surface area contributed by atoms with Crippen LogP contribution in [0.1, 0.15) is 43.4 Å². The van der Waals surface area contributed by atoms with Gasteiger partial charge in [-0.2, -0.15) is 0 Å². The molecule has 1 aliphatic carbocycles. The van der Waals surface area contributed by atoms with Crippen LogP contribution in [0, 0.1) is 11.6 Å². The molecule has 0 radical (unpaired) electrons. The standard InChI is InChI=1S/C29H29F2NO5/c1-29(2,3)37-26-23(30)13-17(14-24(26)31)15-25(27(33)35-4)32-28(34)36-16-22-20-11-7-5-9-18(20)19-10-6-8-12-21(19)22/h5-14,22,25H,15-16H2,1-4H3,(H,32,34)/t25-/m0/s1. The van der Waals surface area contributed by atoms with Crippen molar-refractivity contribution in [2.75, 3.05) is 13.7 Å². The Labute approximate surface area is 214 Å². The number of fused-ring (bicyclic) bond motifs is 3. The van der Waals surface area contributed by atoms with E-state index in [1.54, 1.807) is 20.8 Å². The van der Waals surface area contributed by atoms with Crippen molar-refractivity contribution < 1.29 is 32.6 Å². The summed E-state index contributed by atoms with van der Waals surface area (Å²) < 4.78 is 44.8. The van der Waals surface area contributed by atoms with Crippen molar-refractivity contribution >= 4 is 12.1 Å². The van der Waals surface area contributed by atoms with Crippen LogP contribution in [0.15, 0.2) is 60.7 Å². The summed E-state index contributed by atoms with van der Waals surface area (Å²) in [4.78, 5) is 25.0. The summed E-state index contributed by atoms with van der Waals surface area (Å²) in [6.07, 6.45) is -1.05. The number of hydrogen-bond acceptors (Lipinski definition) is 5. The van der Waals surface area contributed by atoms with E-state index in [-0.39, 0.29) is 24.5 Å². The highest BCUT2D eigenvalue weighted by atomic mass is 19.1. The third-order valence-corrected chi connectivity index (χ3v) is 6.03. The first-order valence-electron chi connectivity index (χ1n) is 11.9. The van der Waals surface area contributed by atoms with Gasteiger partial charge in [-0.25, -0.2) is 18.4 Å². The van der Waals surface area contributed by atoms with E-state index in [1.165, 1.54) is 0 Å². The Morgan fingerprint density at radius 3 is 2.00 bits per heavy atom. The van der Waals surface area contributed by atoms with Gasteiger partial charge in [0.25, 0.3) is 0 Å². The number of esters is 1. The largest absolute Gasteiger partial charge is 0.482 e. The summed E-state index contributed by atoms with van der Waals surface area (Å²) in [5.41, 5.74) is 3.60. The third-order valence-electron chi connectivity index (χ3n) is 6.03. The molecule has 1 N–H and O–H groups in total. The number of halogens is 2. The van der Waals surface area contributed by atoms with Crippen LogP contribution >= 0.6 is 0 Å². The van der Waals surface area contributed by atoms with Crippen molar-refractivity contribution in [1.29, 1.82) is 0 Å². The molecule has 0 saturated carbocycles. The van der Waals surface area contributed by atoms with E-state index in [4.69, 9.17) is 14.2 Å². The summed E-state index contributed by atoms with van der Waals surface area (Å²) in [5, 5.41) is 2.47.